The van der Waals surface area contributed by atoms with Crippen LogP contribution in [0.2, 0.25) is 10.0 Å². The van der Waals surface area contributed by atoms with Crippen LogP contribution in [0.25, 0.3) is 0 Å². The zero-order chi connectivity index (χ0) is 17.3. The molecule has 124 valence electrons. The highest BCUT2D eigenvalue weighted by Crippen LogP contribution is 2.34. The molecular formula is C17H14Cl2N2O3. The van der Waals surface area contributed by atoms with Gasteiger partial charge in [-0.15, -0.1) is 0 Å². The SMILES string of the molecule is Cc1c(Cl)cccc1NC(=O)CN1C(=O)COc2ccc(Cl)cc21. The lowest BCUT2D eigenvalue weighted by molar-refractivity contribution is -0.123. The molecule has 2 aromatic rings. The van der Waals surface area contributed by atoms with Crippen molar-refractivity contribution in [3.05, 3.63) is 52.0 Å². The third-order valence-electron chi connectivity index (χ3n) is 3.71. The van der Waals surface area contributed by atoms with Gasteiger partial charge in [0.25, 0.3) is 5.91 Å². The van der Waals surface area contributed by atoms with Crippen LogP contribution in [-0.2, 0) is 9.59 Å². The Kier molecular flexibility index (Phi) is 4.64. The summed E-state index contributed by atoms with van der Waals surface area (Å²) in [5.41, 5.74) is 1.86. The fourth-order valence-electron chi connectivity index (χ4n) is 2.42. The molecule has 7 heteroatoms. The highest BCUT2D eigenvalue weighted by atomic mass is 35.5. The van der Waals surface area contributed by atoms with E-state index in [1.165, 1.54) is 4.90 Å². The van der Waals surface area contributed by atoms with Crippen molar-refractivity contribution in [1.29, 1.82) is 0 Å². The summed E-state index contributed by atoms with van der Waals surface area (Å²) in [6.07, 6.45) is 0. The number of nitrogens with zero attached hydrogens (tertiary/aromatic N) is 1. The quantitative estimate of drug-likeness (QED) is 0.903. The maximum Gasteiger partial charge on any atom is 0.265 e. The Balaban J connectivity index is 1.80. The summed E-state index contributed by atoms with van der Waals surface area (Å²) in [4.78, 5) is 25.9. The molecule has 1 aliphatic heterocycles. The van der Waals surface area contributed by atoms with Crippen LogP contribution in [-0.4, -0.2) is 25.0 Å². The number of fused-ring (bicyclic) bond motifs is 1. The van der Waals surface area contributed by atoms with Crippen LogP contribution in [0.3, 0.4) is 0 Å². The van der Waals surface area contributed by atoms with E-state index < -0.39 is 0 Å². The lowest BCUT2D eigenvalue weighted by Crippen LogP contribution is -2.43. The molecule has 0 fully saturated rings. The summed E-state index contributed by atoms with van der Waals surface area (Å²) in [5.74, 6) is -0.116. The molecule has 0 aliphatic carbocycles. The van der Waals surface area contributed by atoms with Crippen LogP contribution in [0, 0.1) is 6.92 Å². The predicted molar refractivity (Wildman–Crippen MR) is 94.1 cm³/mol. The Labute approximate surface area is 149 Å². The molecule has 0 saturated carbocycles. The van der Waals surface area contributed by atoms with Crippen LogP contribution in [0.4, 0.5) is 11.4 Å². The topological polar surface area (TPSA) is 58.6 Å². The minimum Gasteiger partial charge on any atom is -0.482 e. The first kappa shape index (κ1) is 16.6. The summed E-state index contributed by atoms with van der Waals surface area (Å²) < 4.78 is 5.36. The zero-order valence-electron chi connectivity index (χ0n) is 12.8. The van der Waals surface area contributed by atoms with Crippen LogP contribution < -0.4 is 15.0 Å². The van der Waals surface area contributed by atoms with Crippen molar-refractivity contribution in [3.63, 3.8) is 0 Å². The van der Waals surface area contributed by atoms with E-state index >= 15 is 0 Å². The normalized spacial score (nSPS) is 13.3. The van der Waals surface area contributed by atoms with Gasteiger partial charge in [0.05, 0.1) is 5.69 Å². The summed E-state index contributed by atoms with van der Waals surface area (Å²) in [6, 6.07) is 10.2. The molecule has 24 heavy (non-hydrogen) atoms. The van der Waals surface area contributed by atoms with Crippen LogP contribution in [0.1, 0.15) is 5.56 Å². The van der Waals surface area contributed by atoms with Crippen LogP contribution in [0.15, 0.2) is 36.4 Å². The summed E-state index contributed by atoms with van der Waals surface area (Å²) in [6.45, 7) is 1.56. The lowest BCUT2D eigenvalue weighted by atomic mass is 10.2. The molecule has 1 heterocycles. The first-order valence-corrected chi connectivity index (χ1v) is 7.99. The Hall–Kier alpha value is -2.24. The van der Waals surface area contributed by atoms with E-state index in [1.807, 2.05) is 6.92 Å². The van der Waals surface area contributed by atoms with Gasteiger partial charge in [-0.2, -0.15) is 0 Å². The standard InChI is InChI=1S/C17H14Cl2N2O3/c1-10-12(19)3-2-4-13(10)20-16(22)8-21-14-7-11(18)5-6-15(14)24-9-17(21)23/h2-7H,8-9H2,1H3,(H,20,22). The van der Waals surface area contributed by atoms with Crippen LogP contribution >= 0.6 is 23.2 Å². The largest absolute Gasteiger partial charge is 0.482 e. The zero-order valence-corrected chi connectivity index (χ0v) is 14.3. The van der Waals surface area contributed by atoms with Crippen molar-refractivity contribution in [2.24, 2.45) is 0 Å². The molecule has 0 spiro atoms. The smallest absolute Gasteiger partial charge is 0.265 e. The number of nitrogens with one attached hydrogen (secondary N) is 1. The molecule has 0 saturated heterocycles. The van der Waals surface area contributed by atoms with E-state index in [9.17, 15) is 9.59 Å². The number of halogens is 2. The molecule has 0 radical (unpaired) electrons. The highest BCUT2D eigenvalue weighted by molar-refractivity contribution is 6.32. The third-order valence-corrected chi connectivity index (χ3v) is 4.35. The highest BCUT2D eigenvalue weighted by Gasteiger charge is 2.27. The molecular weight excluding hydrogens is 351 g/mol. The molecule has 2 amide bonds. The van der Waals surface area contributed by atoms with Crippen molar-refractivity contribution in [1.82, 2.24) is 0 Å². The van der Waals surface area contributed by atoms with Crippen molar-refractivity contribution < 1.29 is 14.3 Å². The lowest BCUT2D eigenvalue weighted by Gasteiger charge is -2.29. The number of anilines is 2. The van der Waals surface area contributed by atoms with Gasteiger partial charge in [0.2, 0.25) is 5.91 Å². The van der Waals surface area contributed by atoms with Crippen molar-refractivity contribution in [2.75, 3.05) is 23.4 Å². The second kappa shape index (κ2) is 6.71. The molecule has 0 bridgehead atoms. The van der Waals surface area contributed by atoms with Gasteiger partial charge in [0.15, 0.2) is 6.61 Å². The van der Waals surface area contributed by atoms with E-state index in [2.05, 4.69) is 5.32 Å². The average molecular weight is 365 g/mol. The van der Waals surface area contributed by atoms with Gasteiger partial charge >= 0.3 is 0 Å². The molecule has 1 N–H and O–H groups in total. The Morgan fingerprint density at radius 2 is 2.08 bits per heavy atom. The van der Waals surface area contributed by atoms with Crippen molar-refractivity contribution in [3.8, 4) is 5.75 Å². The van der Waals surface area contributed by atoms with Gasteiger partial charge in [-0.25, -0.2) is 0 Å². The molecule has 0 aromatic heterocycles. The first-order chi connectivity index (χ1) is 11.5. The predicted octanol–water partition coefficient (Wildman–Crippen LogP) is 3.67. The van der Waals surface area contributed by atoms with E-state index in [0.29, 0.717) is 27.2 Å². The van der Waals surface area contributed by atoms with Gasteiger partial charge < -0.3 is 10.1 Å². The Morgan fingerprint density at radius 3 is 2.88 bits per heavy atom. The second-order valence-corrected chi connectivity index (χ2v) is 6.18. The minimum absolute atomic E-state index is 0.113. The van der Waals surface area contributed by atoms with Gasteiger partial charge in [0, 0.05) is 15.7 Å². The molecule has 0 atom stereocenters. The summed E-state index contributed by atoms with van der Waals surface area (Å²) in [5, 5.41) is 3.80. The van der Waals surface area contributed by atoms with Gasteiger partial charge in [-0.3, -0.25) is 14.5 Å². The van der Waals surface area contributed by atoms with Crippen molar-refractivity contribution in [2.45, 2.75) is 6.92 Å². The number of carbonyl (C=O) groups is 2. The van der Waals surface area contributed by atoms with Gasteiger partial charge in [0.1, 0.15) is 12.3 Å². The number of hydrogen-bond donors (Lipinski definition) is 1. The number of benzene rings is 2. The maximum absolute atomic E-state index is 12.4. The monoisotopic (exact) mass is 364 g/mol. The number of rotatable bonds is 3. The average Bonchev–Trinajstić information content (AvgIpc) is 2.55. The number of amides is 2. The van der Waals surface area contributed by atoms with Crippen molar-refractivity contribution >= 4 is 46.4 Å². The molecule has 2 aromatic carbocycles. The number of carbonyl (C=O) groups excluding carboxylic acids is 2. The van der Waals surface area contributed by atoms with E-state index in [1.54, 1.807) is 36.4 Å². The van der Waals surface area contributed by atoms with E-state index in [0.717, 1.165) is 5.56 Å². The number of ether oxygens (including phenoxy) is 1. The first-order valence-electron chi connectivity index (χ1n) is 7.23. The summed E-state index contributed by atoms with van der Waals surface area (Å²) >= 11 is 12.0. The number of hydrogen-bond acceptors (Lipinski definition) is 3. The van der Waals surface area contributed by atoms with Crippen LogP contribution in [0.5, 0.6) is 5.75 Å². The van der Waals surface area contributed by atoms with Gasteiger partial charge in [-0.05, 0) is 42.8 Å². The molecule has 3 rings (SSSR count). The Morgan fingerprint density at radius 1 is 1.29 bits per heavy atom. The molecule has 5 nitrogen and oxygen atoms in total. The minimum atomic E-state index is -0.332. The summed E-state index contributed by atoms with van der Waals surface area (Å²) in [7, 11) is 0. The second-order valence-electron chi connectivity index (χ2n) is 5.34. The fraction of sp³-hybridized carbons (Fsp3) is 0.176. The third kappa shape index (κ3) is 3.32. The molecule has 1 aliphatic rings. The van der Waals surface area contributed by atoms with Gasteiger partial charge in [-0.1, -0.05) is 29.3 Å². The maximum atomic E-state index is 12.4. The van der Waals surface area contributed by atoms with E-state index in [-0.39, 0.29) is 25.0 Å². The molecule has 0 unspecified atom stereocenters. The van der Waals surface area contributed by atoms with E-state index in [4.69, 9.17) is 27.9 Å². The fourth-order valence-corrected chi connectivity index (χ4v) is 2.77. The Bertz CT molecular complexity index is 823.